The molecule has 0 saturated carbocycles. The standard InChI is InChI=1S/C36H47O5Si.3C4H9.Sn/c1-28-34(41-36(5,6)40-28)26-31(38-27-29-21-23-30(37-7)24-22-29)16-14-15-25-39-42(35(2,3)4,32-17-10-8-11-18-32)33-19-12-9-13-20-33;3*1-3-4-2;/h8-13,15,17-24,28,31,34H,16,25-27H2,1-7H3;3*1,3-4H2,2H3;. The molecule has 0 aromatic heterocycles. The van der Waals surface area contributed by atoms with E-state index in [2.05, 4.69) is 127 Å². The van der Waals surface area contributed by atoms with Gasteiger partial charge in [0, 0.05) is 0 Å². The molecule has 0 N–H and O–H groups in total. The van der Waals surface area contributed by atoms with E-state index in [1.807, 2.05) is 26.0 Å². The molecular formula is C48H74O5SiSn. The zero-order chi connectivity index (χ0) is 40.0. The maximum absolute atomic E-state index is 7.61. The van der Waals surface area contributed by atoms with Gasteiger partial charge in [-0.2, -0.15) is 0 Å². The van der Waals surface area contributed by atoms with Gasteiger partial charge in [-0.3, -0.25) is 0 Å². The fraction of sp³-hybridized carbons (Fsp3) is 0.583. The van der Waals surface area contributed by atoms with Gasteiger partial charge in [-0.15, -0.1) is 0 Å². The number of methoxy groups -OCH3 is 1. The summed E-state index contributed by atoms with van der Waals surface area (Å²) in [6, 6.07) is 30.5. The third-order valence-electron chi connectivity index (χ3n) is 11.8. The van der Waals surface area contributed by atoms with Crippen molar-refractivity contribution >= 4 is 37.1 Å². The van der Waals surface area contributed by atoms with Gasteiger partial charge in [0.2, 0.25) is 0 Å². The molecule has 7 heteroatoms. The van der Waals surface area contributed by atoms with E-state index in [0.717, 1.165) is 24.2 Å². The van der Waals surface area contributed by atoms with E-state index in [4.69, 9.17) is 23.4 Å². The minimum absolute atomic E-state index is 0.00143. The van der Waals surface area contributed by atoms with Crippen LogP contribution in [0.4, 0.5) is 0 Å². The molecule has 5 nitrogen and oxygen atoms in total. The molecule has 0 bridgehead atoms. The molecule has 1 heterocycles. The van der Waals surface area contributed by atoms with Crippen LogP contribution in [0.25, 0.3) is 0 Å². The first-order valence-corrected chi connectivity index (χ1v) is 30.8. The second-order valence-electron chi connectivity index (χ2n) is 17.4. The van der Waals surface area contributed by atoms with E-state index in [1.165, 1.54) is 62.2 Å². The van der Waals surface area contributed by atoms with Crippen LogP contribution in [0, 0.1) is 0 Å². The maximum atomic E-state index is 7.61. The Morgan fingerprint density at radius 2 is 1.33 bits per heavy atom. The van der Waals surface area contributed by atoms with Gasteiger partial charge in [0.15, 0.2) is 0 Å². The minimum atomic E-state index is -2.98. The van der Waals surface area contributed by atoms with E-state index in [1.54, 1.807) is 10.7 Å². The van der Waals surface area contributed by atoms with Crippen molar-refractivity contribution in [2.75, 3.05) is 13.7 Å². The molecule has 3 atom stereocenters. The number of hydrogen-bond donors (Lipinski definition) is 0. The monoisotopic (exact) mass is 878 g/mol. The van der Waals surface area contributed by atoms with Gasteiger partial charge in [0.25, 0.3) is 0 Å². The van der Waals surface area contributed by atoms with E-state index >= 15 is 0 Å². The van der Waals surface area contributed by atoms with Crippen LogP contribution in [0.3, 0.4) is 0 Å². The van der Waals surface area contributed by atoms with Gasteiger partial charge < -0.3 is 0 Å². The summed E-state index contributed by atoms with van der Waals surface area (Å²) in [7, 11) is -0.997. The fourth-order valence-corrected chi connectivity index (χ4v) is 30.4. The van der Waals surface area contributed by atoms with Crippen molar-refractivity contribution in [1.82, 2.24) is 0 Å². The molecule has 304 valence electrons. The van der Waals surface area contributed by atoms with E-state index < -0.39 is 32.5 Å². The summed E-state index contributed by atoms with van der Waals surface area (Å²) >= 11 is -2.98. The fourth-order valence-electron chi connectivity index (χ4n) is 8.85. The molecule has 0 spiro atoms. The number of unbranched alkanes of at least 4 members (excludes halogenated alkanes) is 3. The van der Waals surface area contributed by atoms with E-state index in [0.29, 0.717) is 13.2 Å². The van der Waals surface area contributed by atoms with Crippen LogP contribution in [0.15, 0.2) is 94.6 Å². The summed E-state index contributed by atoms with van der Waals surface area (Å²) in [5, 5.41) is 2.58. The normalized spacial score (nSPS) is 18.4. The second kappa shape index (κ2) is 21.7. The zero-order valence-corrected chi connectivity index (χ0v) is 40.0. The predicted molar refractivity (Wildman–Crippen MR) is 237 cm³/mol. The number of rotatable bonds is 23. The first-order chi connectivity index (χ1) is 26.3. The second-order valence-corrected chi connectivity index (χ2v) is 35.1. The summed E-state index contributed by atoms with van der Waals surface area (Å²) in [5.74, 6) is 0.264. The average Bonchev–Trinajstić information content (AvgIpc) is 3.44. The molecule has 0 aliphatic carbocycles. The van der Waals surface area contributed by atoms with Crippen LogP contribution in [-0.4, -0.2) is 64.5 Å². The summed E-state index contributed by atoms with van der Waals surface area (Å²) in [6.07, 6.45) is 11.9. The first-order valence-electron chi connectivity index (χ1n) is 21.4. The van der Waals surface area contributed by atoms with Crippen molar-refractivity contribution in [2.24, 2.45) is 0 Å². The van der Waals surface area contributed by atoms with E-state index in [-0.39, 0.29) is 23.4 Å². The van der Waals surface area contributed by atoms with Gasteiger partial charge in [-0.25, -0.2) is 0 Å². The van der Waals surface area contributed by atoms with Crippen molar-refractivity contribution in [3.8, 4) is 5.75 Å². The molecule has 55 heavy (non-hydrogen) atoms. The van der Waals surface area contributed by atoms with Crippen LogP contribution in [0.2, 0.25) is 18.3 Å². The Morgan fingerprint density at radius 3 is 1.76 bits per heavy atom. The van der Waals surface area contributed by atoms with Crippen LogP contribution >= 0.6 is 0 Å². The zero-order valence-electron chi connectivity index (χ0n) is 36.1. The number of hydrogen-bond acceptors (Lipinski definition) is 5. The van der Waals surface area contributed by atoms with Crippen molar-refractivity contribution in [2.45, 2.75) is 163 Å². The van der Waals surface area contributed by atoms with Crippen molar-refractivity contribution in [3.05, 3.63) is 100 Å². The van der Waals surface area contributed by atoms with Crippen molar-refractivity contribution < 1.29 is 23.4 Å². The van der Waals surface area contributed by atoms with Crippen molar-refractivity contribution in [3.63, 3.8) is 0 Å². The Bertz CT molecular complexity index is 1490. The van der Waals surface area contributed by atoms with Gasteiger partial charge in [0.1, 0.15) is 0 Å². The van der Waals surface area contributed by atoms with E-state index in [9.17, 15) is 0 Å². The van der Waals surface area contributed by atoms with Crippen LogP contribution in [0.5, 0.6) is 5.75 Å². The Balaban J connectivity index is 1.82. The first kappa shape index (κ1) is 45.8. The molecule has 1 aliphatic heterocycles. The number of benzene rings is 3. The third kappa shape index (κ3) is 12.5. The van der Waals surface area contributed by atoms with Gasteiger partial charge in [-0.1, -0.05) is 0 Å². The Hall–Kier alpha value is -1.94. The molecule has 3 aromatic rings. The molecule has 1 fully saturated rings. The molecule has 0 radical (unpaired) electrons. The molecular weight excluding hydrogens is 803 g/mol. The molecule has 1 aliphatic rings. The molecule has 0 amide bonds. The molecule has 1 saturated heterocycles. The predicted octanol–water partition coefficient (Wildman–Crippen LogP) is 11.8. The van der Waals surface area contributed by atoms with Gasteiger partial charge >= 0.3 is 343 Å². The Labute approximate surface area is 340 Å². The topological polar surface area (TPSA) is 46.2 Å². The average molecular weight is 878 g/mol. The molecule has 4 rings (SSSR count). The SMILES string of the molecule is CCC[CH2][Sn]([CH2]CCC)([CH2]CCC)/[C](=C/CO[Si](c1ccccc1)(c1ccccc1)C(C)(C)C)CC(CC1OC(C)(C)OC1C)OCc1ccc(OC)cc1. The van der Waals surface area contributed by atoms with Crippen LogP contribution in [-0.2, 0) is 25.2 Å². The quantitative estimate of drug-likeness (QED) is 0.0888. The summed E-state index contributed by atoms with van der Waals surface area (Å²) < 4.78 is 38.9. The number of ether oxygens (including phenoxy) is 4. The van der Waals surface area contributed by atoms with Crippen LogP contribution < -0.4 is 15.1 Å². The molecule has 3 unspecified atom stereocenters. The summed E-state index contributed by atoms with van der Waals surface area (Å²) in [5.41, 5.74) is 1.15. The third-order valence-corrected chi connectivity index (χ3v) is 33.1. The summed E-state index contributed by atoms with van der Waals surface area (Å²) in [4.78, 5) is 0. The molecule has 3 aromatic carbocycles. The van der Waals surface area contributed by atoms with Crippen molar-refractivity contribution in [1.29, 1.82) is 0 Å². The van der Waals surface area contributed by atoms with Crippen LogP contribution in [0.1, 0.15) is 119 Å². The Kier molecular flexibility index (Phi) is 18.1. The van der Waals surface area contributed by atoms with Gasteiger partial charge in [-0.05, 0) is 0 Å². The Morgan fingerprint density at radius 1 is 0.800 bits per heavy atom. The summed E-state index contributed by atoms with van der Waals surface area (Å²) in [6.45, 7) is 21.6. The van der Waals surface area contributed by atoms with Gasteiger partial charge in [0.05, 0.1) is 0 Å².